The second-order valence-electron chi connectivity index (χ2n) is 4.59. The fourth-order valence-corrected chi connectivity index (χ4v) is 3.36. The molecule has 0 saturated carbocycles. The summed E-state index contributed by atoms with van der Waals surface area (Å²) in [6, 6.07) is 7.03. The summed E-state index contributed by atoms with van der Waals surface area (Å²) in [7, 11) is 0. The number of hydrogen-bond acceptors (Lipinski definition) is 2. The molecule has 102 valence electrons. The largest absolute Gasteiger partial charge is 0.326 e. The van der Waals surface area contributed by atoms with Gasteiger partial charge in [0.2, 0.25) is 0 Å². The van der Waals surface area contributed by atoms with Crippen molar-refractivity contribution in [3.05, 3.63) is 35.6 Å². The highest BCUT2D eigenvalue weighted by atomic mass is 32.2. The molecule has 1 nitrogen and oxygen atoms in total. The summed E-state index contributed by atoms with van der Waals surface area (Å²) < 4.78 is 13.8. The summed E-state index contributed by atoms with van der Waals surface area (Å²) in [6.07, 6.45) is 4.51. The van der Waals surface area contributed by atoms with Crippen molar-refractivity contribution in [1.82, 2.24) is 0 Å². The lowest BCUT2D eigenvalue weighted by atomic mass is 10.0. The third-order valence-corrected chi connectivity index (χ3v) is 4.60. The van der Waals surface area contributed by atoms with E-state index in [1.54, 1.807) is 17.8 Å². The van der Waals surface area contributed by atoms with E-state index >= 15 is 0 Å². The summed E-state index contributed by atoms with van der Waals surface area (Å²) in [4.78, 5) is 0. The van der Waals surface area contributed by atoms with Crippen LogP contribution in [0.2, 0.25) is 0 Å². The number of rotatable bonds is 8. The van der Waals surface area contributed by atoms with Crippen LogP contribution < -0.4 is 5.73 Å². The van der Waals surface area contributed by atoms with Gasteiger partial charge in [0.25, 0.3) is 0 Å². The van der Waals surface area contributed by atoms with Crippen LogP contribution in [0.4, 0.5) is 4.39 Å². The fourth-order valence-electron chi connectivity index (χ4n) is 1.93. The first-order valence-corrected chi connectivity index (χ1v) is 7.87. The molecule has 1 aromatic carbocycles. The Morgan fingerprint density at radius 1 is 1.22 bits per heavy atom. The van der Waals surface area contributed by atoms with Crippen molar-refractivity contribution in [2.45, 2.75) is 50.8 Å². The van der Waals surface area contributed by atoms with Crippen LogP contribution in [0, 0.1) is 5.82 Å². The van der Waals surface area contributed by atoms with Gasteiger partial charge in [0, 0.05) is 16.9 Å². The van der Waals surface area contributed by atoms with Crippen molar-refractivity contribution in [3.8, 4) is 0 Å². The molecule has 1 rings (SSSR count). The van der Waals surface area contributed by atoms with Crippen LogP contribution in [-0.4, -0.2) is 11.8 Å². The summed E-state index contributed by atoms with van der Waals surface area (Å²) in [6.45, 7) is 4.25. The lowest BCUT2D eigenvalue weighted by Gasteiger charge is -2.23. The molecule has 0 saturated heterocycles. The predicted molar refractivity (Wildman–Crippen MR) is 79.4 cm³/mol. The van der Waals surface area contributed by atoms with Gasteiger partial charge in [-0.05, 0) is 24.7 Å². The van der Waals surface area contributed by atoms with E-state index in [0.29, 0.717) is 0 Å². The standard InChI is InChI=1S/C15H24FNS/c1-3-5-8-11-18-15(14(17)4-2)12-9-6-7-10-13(12)16/h6-7,9-10,14-15H,3-5,8,11,17H2,1-2H3. The zero-order valence-electron chi connectivity index (χ0n) is 11.4. The molecular weight excluding hydrogens is 245 g/mol. The van der Waals surface area contributed by atoms with Crippen LogP contribution in [0.15, 0.2) is 24.3 Å². The molecule has 0 heterocycles. The number of hydrogen-bond donors (Lipinski definition) is 1. The molecule has 1 aromatic rings. The van der Waals surface area contributed by atoms with Gasteiger partial charge >= 0.3 is 0 Å². The highest BCUT2D eigenvalue weighted by molar-refractivity contribution is 7.99. The van der Waals surface area contributed by atoms with Crippen molar-refractivity contribution in [2.75, 3.05) is 5.75 Å². The Balaban J connectivity index is 2.69. The summed E-state index contributed by atoms with van der Waals surface area (Å²) in [5.41, 5.74) is 6.90. The molecule has 0 aromatic heterocycles. The maximum Gasteiger partial charge on any atom is 0.127 e. The maximum atomic E-state index is 13.8. The summed E-state index contributed by atoms with van der Waals surface area (Å²) in [5.74, 6) is 0.926. The SMILES string of the molecule is CCCCCSC(c1ccccc1F)C(N)CC. The highest BCUT2D eigenvalue weighted by Gasteiger charge is 2.21. The average molecular weight is 269 g/mol. The molecule has 0 fully saturated rings. The lowest BCUT2D eigenvalue weighted by molar-refractivity contribution is 0.572. The molecule has 0 spiro atoms. The fraction of sp³-hybridized carbons (Fsp3) is 0.600. The van der Waals surface area contributed by atoms with Crippen molar-refractivity contribution < 1.29 is 4.39 Å². The Morgan fingerprint density at radius 3 is 2.56 bits per heavy atom. The van der Waals surface area contributed by atoms with E-state index in [2.05, 4.69) is 13.8 Å². The van der Waals surface area contributed by atoms with Crippen LogP contribution in [-0.2, 0) is 0 Å². The van der Waals surface area contributed by atoms with Crippen LogP contribution in [0.3, 0.4) is 0 Å². The Labute approximate surface area is 114 Å². The van der Waals surface area contributed by atoms with Crippen molar-refractivity contribution in [1.29, 1.82) is 0 Å². The van der Waals surface area contributed by atoms with Crippen molar-refractivity contribution in [2.24, 2.45) is 5.73 Å². The van der Waals surface area contributed by atoms with Gasteiger partial charge in [-0.25, -0.2) is 4.39 Å². The second kappa shape index (κ2) is 8.54. The molecule has 0 radical (unpaired) electrons. The number of benzene rings is 1. The van der Waals surface area contributed by atoms with Crippen LogP contribution >= 0.6 is 11.8 Å². The first kappa shape index (κ1) is 15.5. The van der Waals surface area contributed by atoms with E-state index in [1.165, 1.54) is 25.3 Å². The molecular formula is C15H24FNS. The van der Waals surface area contributed by atoms with Gasteiger partial charge in [-0.3, -0.25) is 0 Å². The molecule has 0 amide bonds. The Morgan fingerprint density at radius 2 is 1.94 bits per heavy atom. The second-order valence-corrected chi connectivity index (χ2v) is 5.84. The van der Waals surface area contributed by atoms with Gasteiger partial charge in [-0.1, -0.05) is 44.9 Å². The molecule has 2 atom stereocenters. The Bertz CT molecular complexity index is 343. The van der Waals surface area contributed by atoms with Crippen LogP contribution in [0.1, 0.15) is 50.3 Å². The maximum absolute atomic E-state index is 13.8. The normalized spacial score (nSPS) is 14.4. The third-order valence-electron chi connectivity index (χ3n) is 3.12. The van der Waals surface area contributed by atoms with Gasteiger partial charge in [0.05, 0.1) is 0 Å². The topological polar surface area (TPSA) is 26.0 Å². The highest BCUT2D eigenvalue weighted by Crippen LogP contribution is 2.34. The third kappa shape index (κ3) is 4.62. The first-order valence-electron chi connectivity index (χ1n) is 6.82. The van der Waals surface area contributed by atoms with E-state index < -0.39 is 0 Å². The predicted octanol–water partition coefficient (Wildman–Crippen LogP) is 4.53. The van der Waals surface area contributed by atoms with Crippen LogP contribution in [0.25, 0.3) is 0 Å². The Hall–Kier alpha value is -0.540. The van der Waals surface area contributed by atoms with E-state index in [0.717, 1.165) is 17.7 Å². The van der Waals surface area contributed by atoms with Crippen molar-refractivity contribution in [3.63, 3.8) is 0 Å². The minimum absolute atomic E-state index is 0.0218. The minimum Gasteiger partial charge on any atom is -0.326 e. The monoisotopic (exact) mass is 269 g/mol. The average Bonchev–Trinajstić information content (AvgIpc) is 2.39. The van der Waals surface area contributed by atoms with E-state index in [-0.39, 0.29) is 17.1 Å². The number of halogens is 1. The Kier molecular flexibility index (Phi) is 7.36. The van der Waals surface area contributed by atoms with Gasteiger partial charge in [0.15, 0.2) is 0 Å². The van der Waals surface area contributed by atoms with Gasteiger partial charge in [-0.15, -0.1) is 0 Å². The molecule has 0 aliphatic heterocycles. The van der Waals surface area contributed by atoms with E-state index in [9.17, 15) is 4.39 Å². The molecule has 3 heteroatoms. The molecule has 0 bridgehead atoms. The zero-order chi connectivity index (χ0) is 13.4. The van der Waals surface area contributed by atoms with E-state index in [1.807, 2.05) is 12.1 Å². The van der Waals surface area contributed by atoms with E-state index in [4.69, 9.17) is 5.73 Å². The summed E-state index contributed by atoms with van der Waals surface area (Å²) in [5, 5.41) is 0.0769. The van der Waals surface area contributed by atoms with Crippen molar-refractivity contribution >= 4 is 11.8 Å². The van der Waals surface area contributed by atoms with Gasteiger partial charge < -0.3 is 5.73 Å². The van der Waals surface area contributed by atoms with Gasteiger partial charge in [-0.2, -0.15) is 11.8 Å². The summed E-state index contributed by atoms with van der Waals surface area (Å²) >= 11 is 1.80. The quantitative estimate of drug-likeness (QED) is 0.702. The lowest BCUT2D eigenvalue weighted by Crippen LogP contribution is -2.26. The van der Waals surface area contributed by atoms with Crippen LogP contribution in [0.5, 0.6) is 0 Å². The smallest absolute Gasteiger partial charge is 0.127 e. The molecule has 0 aliphatic rings. The molecule has 18 heavy (non-hydrogen) atoms. The number of thioether (sulfide) groups is 1. The molecule has 0 aliphatic carbocycles. The number of unbranched alkanes of at least 4 members (excludes halogenated alkanes) is 2. The molecule has 2 N–H and O–H groups in total. The number of nitrogens with two attached hydrogens (primary N) is 1. The molecule has 2 unspecified atom stereocenters. The first-order chi connectivity index (χ1) is 8.70. The van der Waals surface area contributed by atoms with Gasteiger partial charge in [0.1, 0.15) is 5.82 Å². The minimum atomic E-state index is -0.130. The zero-order valence-corrected chi connectivity index (χ0v) is 12.2.